The van der Waals surface area contributed by atoms with E-state index in [0.29, 0.717) is 0 Å². The first-order chi connectivity index (χ1) is 17.1. The highest BCUT2D eigenvalue weighted by Gasteiger charge is 2.76. The lowest BCUT2D eigenvalue weighted by atomic mass is 9.93. The molecule has 0 radical (unpaired) electrons. The Morgan fingerprint density at radius 1 is 0.919 bits per heavy atom. The van der Waals surface area contributed by atoms with Crippen LogP contribution in [0.3, 0.4) is 0 Å². The van der Waals surface area contributed by atoms with Gasteiger partial charge < -0.3 is 4.42 Å². The lowest BCUT2D eigenvalue weighted by Crippen LogP contribution is -2.58. The van der Waals surface area contributed by atoms with Crippen LogP contribution in [0.1, 0.15) is 50.6 Å². The SMILES string of the molecule is Cc1c(C(=O)NNC(=O)c2ccc(F)cc2)oc2c1/C(=N/NC(=O)C(F)(F)C(F)(F)C(F)(F)F)CCC2. The molecule has 37 heavy (non-hydrogen) atoms. The summed E-state index contributed by atoms with van der Waals surface area (Å²) in [4.78, 5) is 36.1. The lowest BCUT2D eigenvalue weighted by molar-refractivity contribution is -0.344. The van der Waals surface area contributed by atoms with Crippen molar-refractivity contribution in [2.75, 3.05) is 0 Å². The van der Waals surface area contributed by atoms with Crippen LogP contribution in [0.5, 0.6) is 0 Å². The zero-order valence-corrected chi connectivity index (χ0v) is 18.5. The molecule has 1 aromatic heterocycles. The smallest absolute Gasteiger partial charge is 0.455 e. The molecular weight excluding hydrogens is 524 g/mol. The first-order valence-corrected chi connectivity index (χ1v) is 10.3. The Morgan fingerprint density at radius 2 is 1.51 bits per heavy atom. The van der Waals surface area contributed by atoms with Crippen molar-refractivity contribution in [3.8, 4) is 0 Å². The molecule has 3 rings (SSSR count). The molecule has 1 aliphatic rings. The Morgan fingerprint density at radius 3 is 2.11 bits per heavy atom. The van der Waals surface area contributed by atoms with Crippen molar-refractivity contribution in [2.24, 2.45) is 5.10 Å². The highest BCUT2D eigenvalue weighted by Crippen LogP contribution is 2.46. The third kappa shape index (κ3) is 5.27. The van der Waals surface area contributed by atoms with E-state index < -0.39 is 41.6 Å². The van der Waals surface area contributed by atoms with Crippen molar-refractivity contribution in [3.63, 3.8) is 0 Å². The van der Waals surface area contributed by atoms with E-state index in [9.17, 15) is 49.5 Å². The molecule has 0 aliphatic heterocycles. The van der Waals surface area contributed by atoms with Crippen LogP contribution >= 0.6 is 0 Å². The van der Waals surface area contributed by atoms with Crippen LogP contribution in [0.4, 0.5) is 35.1 Å². The molecule has 0 saturated heterocycles. The standard InChI is InChI=1S/C21H16F8N4O4/c1-9-14-12(30-33-18(36)19(23,24)20(25,26)21(27,28)29)3-2-4-13(14)37-15(9)17(35)32-31-16(34)10-5-7-11(22)8-6-10/h5-8H,2-4H2,1H3,(H,31,34)(H,32,35)(H,33,36)/b30-12+. The Labute approximate surface area is 202 Å². The van der Waals surface area contributed by atoms with Crippen LogP contribution in [0.2, 0.25) is 0 Å². The molecule has 16 heteroatoms. The Hall–Kier alpha value is -3.98. The number of carbonyl (C=O) groups is 3. The highest BCUT2D eigenvalue weighted by molar-refractivity contribution is 6.07. The van der Waals surface area contributed by atoms with Crippen LogP contribution in [-0.4, -0.2) is 41.5 Å². The monoisotopic (exact) mass is 540 g/mol. The van der Waals surface area contributed by atoms with Gasteiger partial charge in [0.2, 0.25) is 0 Å². The summed E-state index contributed by atoms with van der Waals surface area (Å²) >= 11 is 0. The van der Waals surface area contributed by atoms with Crippen molar-refractivity contribution in [2.45, 2.75) is 44.2 Å². The topological polar surface area (TPSA) is 113 Å². The summed E-state index contributed by atoms with van der Waals surface area (Å²) < 4.78 is 109. The number of hydrazone groups is 1. The number of alkyl halides is 7. The van der Waals surface area contributed by atoms with Crippen molar-refractivity contribution < 1.29 is 53.9 Å². The van der Waals surface area contributed by atoms with E-state index in [-0.39, 0.29) is 53.2 Å². The Kier molecular flexibility index (Phi) is 7.32. The third-order valence-corrected chi connectivity index (χ3v) is 5.26. The third-order valence-electron chi connectivity index (χ3n) is 5.26. The van der Waals surface area contributed by atoms with Gasteiger partial charge in [0.25, 0.3) is 5.91 Å². The number of benzene rings is 1. The maximum Gasteiger partial charge on any atom is 0.460 e. The van der Waals surface area contributed by atoms with Gasteiger partial charge in [-0.2, -0.15) is 35.8 Å². The predicted octanol–water partition coefficient (Wildman–Crippen LogP) is 3.79. The fraction of sp³-hybridized carbons (Fsp3) is 0.333. The van der Waals surface area contributed by atoms with Gasteiger partial charge in [-0.25, -0.2) is 9.82 Å². The number of hydrogen-bond acceptors (Lipinski definition) is 5. The van der Waals surface area contributed by atoms with Gasteiger partial charge in [0.05, 0.1) is 5.71 Å². The van der Waals surface area contributed by atoms with E-state index >= 15 is 0 Å². The van der Waals surface area contributed by atoms with E-state index in [1.54, 1.807) is 0 Å². The number of carbonyl (C=O) groups excluding carboxylic acids is 3. The molecule has 0 bridgehead atoms. The average molecular weight is 540 g/mol. The number of hydrogen-bond donors (Lipinski definition) is 3. The minimum absolute atomic E-state index is 0.00947. The van der Waals surface area contributed by atoms with Crippen molar-refractivity contribution >= 4 is 23.4 Å². The van der Waals surface area contributed by atoms with Gasteiger partial charge in [0.1, 0.15) is 11.6 Å². The number of hydrazine groups is 1. The fourth-order valence-electron chi connectivity index (χ4n) is 3.35. The van der Waals surface area contributed by atoms with Gasteiger partial charge in [-0.15, -0.1) is 0 Å². The molecule has 1 aromatic carbocycles. The number of amides is 3. The minimum atomic E-state index is -6.70. The normalized spacial score (nSPS) is 15.2. The molecule has 8 nitrogen and oxygen atoms in total. The van der Waals surface area contributed by atoms with Gasteiger partial charge in [0.15, 0.2) is 5.76 Å². The van der Waals surface area contributed by atoms with Gasteiger partial charge in [-0.1, -0.05) is 0 Å². The Bertz CT molecular complexity index is 1250. The second-order valence-electron chi connectivity index (χ2n) is 7.77. The zero-order valence-electron chi connectivity index (χ0n) is 18.5. The minimum Gasteiger partial charge on any atom is -0.455 e. The summed E-state index contributed by atoms with van der Waals surface area (Å²) in [7, 11) is 0. The molecule has 3 amide bonds. The first-order valence-electron chi connectivity index (χ1n) is 10.3. The summed E-state index contributed by atoms with van der Waals surface area (Å²) in [6.45, 7) is 1.33. The van der Waals surface area contributed by atoms with Crippen LogP contribution in [-0.2, 0) is 11.2 Å². The molecule has 0 saturated carbocycles. The van der Waals surface area contributed by atoms with Crippen LogP contribution in [0.25, 0.3) is 0 Å². The molecule has 0 atom stereocenters. The van der Waals surface area contributed by atoms with Crippen molar-refractivity contribution in [3.05, 3.63) is 58.3 Å². The molecular formula is C21H16F8N4O4. The predicted molar refractivity (Wildman–Crippen MR) is 108 cm³/mol. The summed E-state index contributed by atoms with van der Waals surface area (Å²) in [6.07, 6.45) is -6.28. The number of halogens is 8. The largest absolute Gasteiger partial charge is 0.460 e. The second kappa shape index (κ2) is 9.82. The van der Waals surface area contributed by atoms with Crippen LogP contribution < -0.4 is 16.3 Å². The van der Waals surface area contributed by atoms with Crippen LogP contribution in [0.15, 0.2) is 33.8 Å². The number of nitrogens with one attached hydrogen (secondary N) is 3. The van der Waals surface area contributed by atoms with Crippen molar-refractivity contribution in [1.82, 2.24) is 16.3 Å². The van der Waals surface area contributed by atoms with Crippen molar-refractivity contribution in [1.29, 1.82) is 0 Å². The van der Waals surface area contributed by atoms with E-state index in [0.717, 1.165) is 29.7 Å². The van der Waals surface area contributed by atoms with Gasteiger partial charge in [-0.05, 0) is 44.0 Å². The van der Waals surface area contributed by atoms with E-state index in [1.807, 2.05) is 0 Å². The van der Waals surface area contributed by atoms with Gasteiger partial charge in [0, 0.05) is 23.1 Å². The molecule has 200 valence electrons. The van der Waals surface area contributed by atoms with Gasteiger partial charge in [-0.3, -0.25) is 25.2 Å². The van der Waals surface area contributed by atoms with E-state index in [1.165, 1.54) is 6.92 Å². The number of rotatable bonds is 5. The number of aryl methyl sites for hydroxylation is 1. The summed E-state index contributed by atoms with van der Waals surface area (Å²) in [6, 6.07) is 4.33. The number of fused-ring (bicyclic) bond motifs is 1. The second-order valence-corrected chi connectivity index (χ2v) is 7.77. The van der Waals surface area contributed by atoms with E-state index in [2.05, 4.69) is 16.0 Å². The summed E-state index contributed by atoms with van der Waals surface area (Å²) in [5.41, 5.74) is 5.05. The molecule has 0 fully saturated rings. The molecule has 1 heterocycles. The van der Waals surface area contributed by atoms with E-state index in [4.69, 9.17) is 4.42 Å². The summed E-state index contributed by atoms with van der Waals surface area (Å²) in [5, 5.41) is 3.29. The zero-order chi connectivity index (χ0) is 27.8. The van der Waals surface area contributed by atoms with Gasteiger partial charge >= 0.3 is 29.8 Å². The number of nitrogens with zero attached hydrogens (tertiary/aromatic N) is 1. The molecule has 2 aromatic rings. The highest BCUT2D eigenvalue weighted by atomic mass is 19.4. The Balaban J connectivity index is 1.77. The molecule has 0 unspecified atom stereocenters. The maximum atomic E-state index is 13.5. The lowest BCUT2D eigenvalue weighted by Gasteiger charge is -2.26. The maximum absolute atomic E-state index is 13.5. The molecule has 0 spiro atoms. The first kappa shape index (κ1) is 27.6. The molecule has 3 N–H and O–H groups in total. The fourth-order valence-corrected chi connectivity index (χ4v) is 3.35. The quantitative estimate of drug-likeness (QED) is 0.396. The number of furan rings is 1. The summed E-state index contributed by atoms with van der Waals surface area (Å²) in [5.74, 6) is -18.4. The average Bonchev–Trinajstić information content (AvgIpc) is 3.17. The van der Waals surface area contributed by atoms with Crippen LogP contribution in [0, 0.1) is 12.7 Å². The molecule has 1 aliphatic carbocycles.